The van der Waals surface area contributed by atoms with E-state index in [1.54, 1.807) is 0 Å². The predicted molar refractivity (Wildman–Crippen MR) is 119 cm³/mol. The van der Waals surface area contributed by atoms with E-state index in [9.17, 15) is 0 Å². The minimum Gasteiger partial charge on any atom is -0.374 e. The van der Waals surface area contributed by atoms with E-state index in [0.29, 0.717) is 6.10 Å². The lowest BCUT2D eigenvalue weighted by molar-refractivity contribution is 0.0293. The minimum absolute atomic E-state index is 0.413. The van der Waals surface area contributed by atoms with Crippen molar-refractivity contribution in [3.05, 3.63) is 12.2 Å². The third-order valence-corrected chi connectivity index (χ3v) is 9.19. The monoisotopic (exact) mass is 386 g/mol. The Morgan fingerprint density at radius 1 is 0.571 bits per heavy atom. The van der Waals surface area contributed by atoms with Crippen LogP contribution in [0.1, 0.15) is 104 Å². The molecule has 0 bridgehead atoms. The topological polar surface area (TPSA) is 9.23 Å². The Morgan fingerprint density at radius 2 is 1.11 bits per heavy atom. The van der Waals surface area contributed by atoms with Crippen molar-refractivity contribution in [3.8, 4) is 0 Å². The molecule has 3 fully saturated rings. The molecule has 1 heteroatoms. The van der Waals surface area contributed by atoms with Gasteiger partial charge in [-0.1, -0.05) is 51.7 Å². The Balaban J connectivity index is 1.15. The Bertz CT molecular complexity index is 472. The second-order valence-electron chi connectivity index (χ2n) is 11.3. The van der Waals surface area contributed by atoms with Gasteiger partial charge in [-0.2, -0.15) is 0 Å². The van der Waals surface area contributed by atoms with Crippen LogP contribution in [0.3, 0.4) is 0 Å². The van der Waals surface area contributed by atoms with Crippen LogP contribution in [-0.4, -0.2) is 12.7 Å². The number of ether oxygens (including phenoxy) is 1. The number of hydrogen-bond acceptors (Lipinski definition) is 1. The van der Waals surface area contributed by atoms with Crippen LogP contribution < -0.4 is 0 Å². The first-order chi connectivity index (χ1) is 13.7. The maximum absolute atomic E-state index is 6.31. The van der Waals surface area contributed by atoms with Crippen molar-refractivity contribution in [2.24, 2.45) is 41.4 Å². The van der Waals surface area contributed by atoms with Crippen molar-refractivity contribution in [3.63, 3.8) is 0 Å². The molecule has 160 valence electrons. The van der Waals surface area contributed by atoms with Crippen molar-refractivity contribution in [1.82, 2.24) is 0 Å². The molecule has 0 aromatic carbocycles. The van der Waals surface area contributed by atoms with Crippen LogP contribution in [0, 0.1) is 41.4 Å². The van der Waals surface area contributed by atoms with E-state index in [4.69, 9.17) is 4.74 Å². The van der Waals surface area contributed by atoms with E-state index < -0.39 is 0 Å². The fourth-order valence-electron chi connectivity index (χ4n) is 6.90. The van der Waals surface area contributed by atoms with Crippen LogP contribution in [0.5, 0.6) is 0 Å². The number of hydrogen-bond donors (Lipinski definition) is 0. The van der Waals surface area contributed by atoms with E-state index in [0.717, 1.165) is 48.0 Å². The molecule has 0 aromatic rings. The molecule has 0 spiro atoms. The molecule has 0 amide bonds. The first kappa shape index (κ1) is 21.0. The van der Waals surface area contributed by atoms with Crippen LogP contribution in [-0.2, 0) is 4.74 Å². The molecule has 0 aromatic heterocycles. The molecule has 4 rings (SSSR count). The van der Waals surface area contributed by atoms with Gasteiger partial charge >= 0.3 is 0 Å². The van der Waals surface area contributed by atoms with Gasteiger partial charge in [0.15, 0.2) is 0 Å². The van der Waals surface area contributed by atoms with Crippen molar-refractivity contribution in [2.45, 2.75) is 110 Å². The SMILES string of the molecule is CC1CCC(COC2C=CC(C3CCC(C4CCC(C)CC4)CC3)CC2)CC1. The Labute approximate surface area is 175 Å². The third-order valence-electron chi connectivity index (χ3n) is 9.19. The van der Waals surface area contributed by atoms with E-state index in [1.165, 1.54) is 89.9 Å². The molecule has 4 aliphatic rings. The van der Waals surface area contributed by atoms with Gasteiger partial charge in [0.25, 0.3) is 0 Å². The van der Waals surface area contributed by atoms with Crippen molar-refractivity contribution in [1.29, 1.82) is 0 Å². The maximum Gasteiger partial charge on any atom is 0.0756 e. The van der Waals surface area contributed by atoms with Crippen LogP contribution >= 0.6 is 0 Å². The van der Waals surface area contributed by atoms with Gasteiger partial charge < -0.3 is 4.74 Å². The first-order valence-corrected chi connectivity index (χ1v) is 13.0. The van der Waals surface area contributed by atoms with E-state index >= 15 is 0 Å². The fraction of sp³-hybridized carbons (Fsp3) is 0.926. The van der Waals surface area contributed by atoms with Crippen molar-refractivity contribution in [2.75, 3.05) is 6.61 Å². The van der Waals surface area contributed by atoms with Gasteiger partial charge in [0.1, 0.15) is 0 Å². The molecule has 2 unspecified atom stereocenters. The molecule has 1 nitrogen and oxygen atoms in total. The Hall–Kier alpha value is -0.300. The smallest absolute Gasteiger partial charge is 0.0756 e. The lowest BCUT2D eigenvalue weighted by Gasteiger charge is -2.39. The average molecular weight is 387 g/mol. The molecular formula is C27H46O. The second-order valence-corrected chi connectivity index (χ2v) is 11.3. The highest BCUT2D eigenvalue weighted by Gasteiger charge is 2.33. The molecule has 0 N–H and O–H groups in total. The summed E-state index contributed by atoms with van der Waals surface area (Å²) in [6, 6.07) is 0. The summed E-state index contributed by atoms with van der Waals surface area (Å²) in [5.41, 5.74) is 0. The Kier molecular flexibility index (Phi) is 7.59. The average Bonchev–Trinajstić information content (AvgIpc) is 2.74. The van der Waals surface area contributed by atoms with Crippen LogP contribution in [0.4, 0.5) is 0 Å². The standard InChI is InChI=1S/C27H46O/c1-20-3-7-22(8-4-20)19-28-27-17-15-26(16-18-27)25-13-11-24(12-14-25)23-9-5-21(2)6-10-23/h15,17,20-27H,3-14,16,18-19H2,1-2H3. The van der Waals surface area contributed by atoms with E-state index in [-0.39, 0.29) is 0 Å². The molecule has 28 heavy (non-hydrogen) atoms. The van der Waals surface area contributed by atoms with Crippen molar-refractivity contribution >= 4 is 0 Å². The molecule has 0 radical (unpaired) electrons. The molecule has 0 aliphatic heterocycles. The highest BCUT2D eigenvalue weighted by Crippen LogP contribution is 2.44. The summed E-state index contributed by atoms with van der Waals surface area (Å²) in [5.74, 6) is 6.73. The highest BCUT2D eigenvalue weighted by molar-refractivity contribution is 5.02. The molecular weight excluding hydrogens is 340 g/mol. The summed E-state index contributed by atoms with van der Waals surface area (Å²) in [4.78, 5) is 0. The lowest BCUT2D eigenvalue weighted by Crippen LogP contribution is -2.29. The van der Waals surface area contributed by atoms with Crippen LogP contribution in [0.25, 0.3) is 0 Å². The normalized spacial score (nSPS) is 45.1. The summed E-state index contributed by atoms with van der Waals surface area (Å²) in [6.07, 6.45) is 25.8. The zero-order valence-electron chi connectivity index (χ0n) is 18.8. The third kappa shape index (κ3) is 5.65. The second kappa shape index (κ2) is 10.1. The van der Waals surface area contributed by atoms with Gasteiger partial charge in [0, 0.05) is 0 Å². The molecule has 4 aliphatic carbocycles. The minimum atomic E-state index is 0.413. The van der Waals surface area contributed by atoms with Crippen molar-refractivity contribution < 1.29 is 4.74 Å². The zero-order valence-corrected chi connectivity index (χ0v) is 18.8. The zero-order chi connectivity index (χ0) is 19.3. The number of rotatable bonds is 5. The van der Waals surface area contributed by atoms with E-state index in [1.807, 2.05) is 0 Å². The summed E-state index contributed by atoms with van der Waals surface area (Å²) >= 11 is 0. The molecule has 3 saturated carbocycles. The number of allylic oxidation sites excluding steroid dienone is 1. The lowest BCUT2D eigenvalue weighted by atomic mass is 9.66. The Morgan fingerprint density at radius 3 is 1.68 bits per heavy atom. The largest absolute Gasteiger partial charge is 0.374 e. The van der Waals surface area contributed by atoms with Gasteiger partial charge in [-0.3, -0.25) is 0 Å². The van der Waals surface area contributed by atoms with Gasteiger partial charge in [-0.25, -0.2) is 0 Å². The van der Waals surface area contributed by atoms with Gasteiger partial charge in [-0.05, 0) is 106 Å². The van der Waals surface area contributed by atoms with E-state index in [2.05, 4.69) is 26.0 Å². The van der Waals surface area contributed by atoms with Crippen LogP contribution in [0.15, 0.2) is 12.2 Å². The first-order valence-electron chi connectivity index (χ1n) is 13.0. The molecule has 2 atom stereocenters. The summed E-state index contributed by atoms with van der Waals surface area (Å²) < 4.78 is 6.31. The fourth-order valence-corrected chi connectivity index (χ4v) is 6.90. The van der Waals surface area contributed by atoms with Gasteiger partial charge in [0.05, 0.1) is 12.7 Å². The summed E-state index contributed by atoms with van der Waals surface area (Å²) in [5, 5.41) is 0. The maximum atomic E-state index is 6.31. The summed E-state index contributed by atoms with van der Waals surface area (Å²) in [6.45, 7) is 5.87. The summed E-state index contributed by atoms with van der Waals surface area (Å²) in [7, 11) is 0. The highest BCUT2D eigenvalue weighted by atomic mass is 16.5. The quantitative estimate of drug-likeness (QED) is 0.438. The molecule has 0 saturated heterocycles. The van der Waals surface area contributed by atoms with Gasteiger partial charge in [0.2, 0.25) is 0 Å². The van der Waals surface area contributed by atoms with Crippen LogP contribution in [0.2, 0.25) is 0 Å². The predicted octanol–water partition coefficient (Wildman–Crippen LogP) is 7.80. The van der Waals surface area contributed by atoms with Gasteiger partial charge in [-0.15, -0.1) is 0 Å². The molecule has 0 heterocycles.